The quantitative estimate of drug-likeness (QED) is 0.165. The molecule has 0 spiro atoms. The molecule has 3 saturated heterocycles. The van der Waals surface area contributed by atoms with Gasteiger partial charge in [0.05, 0.1) is 25.9 Å². The second kappa shape index (κ2) is 11.1. The number of aliphatic hydroxyl groups excluding tert-OH is 1. The van der Waals surface area contributed by atoms with E-state index in [-0.39, 0.29) is 34.1 Å². The number of nitrogens with zero attached hydrogens (tertiary/aromatic N) is 7. The number of fused-ring (bicyclic) bond motifs is 5. The summed E-state index contributed by atoms with van der Waals surface area (Å²) in [5.41, 5.74) is 11.2. The van der Waals surface area contributed by atoms with Crippen LogP contribution < -0.4 is 17.0 Å². The Bertz CT molecular complexity index is 1940. The molecule has 2 unspecified atom stereocenters. The Kier molecular flexibility index (Phi) is 7.53. The molecule has 20 nitrogen and oxygen atoms in total. The van der Waals surface area contributed by atoms with Crippen molar-refractivity contribution < 1.29 is 46.5 Å². The highest BCUT2D eigenvalue weighted by Gasteiger charge is 2.53. The predicted molar refractivity (Wildman–Crippen MR) is 153 cm³/mol. The molecule has 7 heterocycles. The van der Waals surface area contributed by atoms with Crippen molar-refractivity contribution in [2.45, 2.75) is 49.1 Å². The Morgan fingerprint density at radius 3 is 2.47 bits per heavy atom. The van der Waals surface area contributed by atoms with Gasteiger partial charge in [-0.25, -0.2) is 24.3 Å². The summed E-state index contributed by atoms with van der Waals surface area (Å²) in [4.78, 5) is 45.9. The van der Waals surface area contributed by atoms with E-state index in [0.29, 0.717) is 0 Å². The maximum atomic E-state index is 16.0. The predicted octanol–water partition coefficient (Wildman–Crippen LogP) is -0.525. The van der Waals surface area contributed by atoms with E-state index in [4.69, 9.17) is 50.8 Å². The monoisotopic (exact) mass is 690 g/mol. The van der Waals surface area contributed by atoms with Gasteiger partial charge in [-0.3, -0.25) is 32.5 Å². The molecule has 0 radical (unpaired) electrons. The fourth-order valence-corrected chi connectivity index (χ4v) is 7.96. The van der Waals surface area contributed by atoms with Crippen molar-refractivity contribution in [3.63, 3.8) is 0 Å². The van der Waals surface area contributed by atoms with E-state index in [1.165, 1.54) is 28.1 Å². The lowest BCUT2D eigenvalue weighted by Gasteiger charge is -2.27. The summed E-state index contributed by atoms with van der Waals surface area (Å²) >= 11 is 5.23. The van der Waals surface area contributed by atoms with E-state index in [9.17, 15) is 19.4 Å². The van der Waals surface area contributed by atoms with Gasteiger partial charge < -0.3 is 40.0 Å². The molecule has 3 aliphatic rings. The number of nitrogens with two attached hydrogens (primary N) is 2. The molecule has 4 aromatic heterocycles. The lowest BCUT2D eigenvalue weighted by molar-refractivity contribution is -0.0595. The summed E-state index contributed by atoms with van der Waals surface area (Å²) in [6, 6.07) is 0. The van der Waals surface area contributed by atoms with E-state index in [1.54, 1.807) is 0 Å². The summed E-state index contributed by atoms with van der Waals surface area (Å²) in [6.07, 6.45) is -8.18. The number of anilines is 2. The smallest absolute Gasteiger partial charge is 0.328 e. The van der Waals surface area contributed by atoms with E-state index in [2.05, 4.69) is 29.9 Å². The van der Waals surface area contributed by atoms with Crippen LogP contribution in [0.5, 0.6) is 0 Å². The third kappa shape index (κ3) is 5.44. The van der Waals surface area contributed by atoms with Gasteiger partial charge in [-0.15, -0.1) is 0 Å². The van der Waals surface area contributed by atoms with Gasteiger partial charge in [-0.05, 0) is 11.8 Å². The number of nitrogens with one attached hydrogen (secondary N) is 1. The van der Waals surface area contributed by atoms with Crippen LogP contribution in [0.25, 0.3) is 22.3 Å². The number of rotatable bonds is 2. The molecule has 2 bridgehead atoms. The fourth-order valence-electron chi connectivity index (χ4n) is 5.37. The Morgan fingerprint density at radius 1 is 1.00 bits per heavy atom. The van der Waals surface area contributed by atoms with Gasteiger partial charge in [0.2, 0.25) is 5.95 Å². The lowest BCUT2D eigenvalue weighted by Crippen LogP contribution is -2.35. The number of alkyl halides is 1. The first-order chi connectivity index (χ1) is 21.3. The number of nitrogen functional groups attached to an aromatic ring is 2. The Morgan fingerprint density at radius 2 is 1.69 bits per heavy atom. The highest BCUT2D eigenvalue weighted by Crippen LogP contribution is 2.54. The minimum Gasteiger partial charge on any atom is -0.387 e. The van der Waals surface area contributed by atoms with Crippen molar-refractivity contribution in [2.24, 2.45) is 0 Å². The molecule has 45 heavy (non-hydrogen) atoms. The van der Waals surface area contributed by atoms with Gasteiger partial charge in [0.1, 0.15) is 42.4 Å². The number of ether oxygens (including phenoxy) is 2. The van der Waals surface area contributed by atoms with E-state index in [1.807, 2.05) is 0 Å². The normalized spacial score (nSPS) is 37.7. The average Bonchev–Trinajstić information content (AvgIpc) is 3.72. The molecule has 0 aromatic carbocycles. The van der Waals surface area contributed by atoms with Crippen LogP contribution in [0.3, 0.4) is 0 Å². The molecular weight excluding hydrogens is 665 g/mol. The zero-order valence-electron chi connectivity index (χ0n) is 22.9. The van der Waals surface area contributed by atoms with Crippen molar-refractivity contribution in [2.75, 3.05) is 31.3 Å². The summed E-state index contributed by atoms with van der Waals surface area (Å²) in [7, 11) is -4.09. The molecule has 7 N–H and O–H groups in total. The maximum absolute atomic E-state index is 16.0. The van der Waals surface area contributed by atoms with Gasteiger partial charge in [0.15, 0.2) is 41.3 Å². The zero-order chi connectivity index (χ0) is 31.8. The van der Waals surface area contributed by atoms with Crippen molar-refractivity contribution in [3.8, 4) is 0 Å². The zero-order valence-corrected chi connectivity index (χ0v) is 25.5. The average molecular weight is 691 g/mol. The molecule has 0 saturated carbocycles. The Labute approximate surface area is 255 Å². The SMILES string of the molecule is CP1(=O)OC[C@H]2O[C@@H](n3cnc4c(=O)[nH]c(N)nc43)[C@H](OP(O)(=S)OC[C@H]3O[C@@H](n4cnc5c(N)ncnc54)[C@H](F)[C@@H]3O1)[C@@H]2O. The first-order valence-corrected chi connectivity index (χ1v) is 17.7. The van der Waals surface area contributed by atoms with Crippen molar-refractivity contribution >= 4 is 60.2 Å². The van der Waals surface area contributed by atoms with Crippen LogP contribution in [0.15, 0.2) is 23.8 Å². The summed E-state index contributed by atoms with van der Waals surface area (Å²) < 4.78 is 66.4. The largest absolute Gasteiger partial charge is 0.387 e. The molecule has 3 fully saturated rings. The highest BCUT2D eigenvalue weighted by molar-refractivity contribution is 8.07. The van der Waals surface area contributed by atoms with Crippen LogP contribution in [0.4, 0.5) is 16.2 Å². The topological polar surface area (TPSA) is 272 Å². The summed E-state index contributed by atoms with van der Waals surface area (Å²) in [5.74, 6) is -0.159. The number of aromatic amines is 1. The summed E-state index contributed by atoms with van der Waals surface area (Å²) in [5, 5.41) is 11.2. The first kappa shape index (κ1) is 30.6. The molecule has 3 aliphatic heterocycles. The molecule has 10 atom stereocenters. The first-order valence-electron chi connectivity index (χ1n) is 13.2. The number of halogens is 1. The molecule has 4 aromatic rings. The molecule has 0 amide bonds. The number of imidazole rings is 2. The lowest BCUT2D eigenvalue weighted by atomic mass is 10.1. The van der Waals surface area contributed by atoms with Gasteiger partial charge in [-0.1, -0.05) is 0 Å². The molecule has 0 aliphatic carbocycles. The van der Waals surface area contributed by atoms with Gasteiger partial charge >= 0.3 is 14.3 Å². The maximum Gasteiger partial charge on any atom is 0.328 e. The van der Waals surface area contributed by atoms with Crippen LogP contribution in [0.2, 0.25) is 0 Å². The highest BCUT2D eigenvalue weighted by atomic mass is 32.5. The molecule has 24 heteroatoms. The standard InChI is InChI=1S/C21H25FN10O10P2S/c1-43(35)37-2-7-12(33)14(20(39-7)32-6-28-11-17(32)29-21(24)30-18(11)34)42-44(36,45)38-3-8-13(41-43)9(22)19(40-8)31-5-27-10-15(23)25-4-26-16(10)31/h4-9,12-14,19-20,33H,2-3H2,1H3,(H,36,45)(H2,23,25,26)(H3,24,29,30,34)/t7-,8-,9-,12-,13-,14-,19-,20-,43?,44?/m1/s1. The second-order valence-electron chi connectivity index (χ2n) is 10.4. The Hall–Kier alpha value is -3.01. The summed E-state index contributed by atoms with van der Waals surface area (Å²) in [6.45, 7) is -4.29. The van der Waals surface area contributed by atoms with Crippen LogP contribution >= 0.6 is 14.3 Å². The molecular formula is C21H25FN10O10P2S. The number of hydrogen-bond acceptors (Lipinski definition) is 17. The van der Waals surface area contributed by atoms with E-state index < -0.39 is 82.2 Å². The molecule has 242 valence electrons. The van der Waals surface area contributed by atoms with Crippen molar-refractivity contribution in [1.82, 2.24) is 39.0 Å². The third-order valence-electron chi connectivity index (χ3n) is 7.41. The van der Waals surface area contributed by atoms with Crippen molar-refractivity contribution in [1.29, 1.82) is 0 Å². The van der Waals surface area contributed by atoms with Crippen LogP contribution in [-0.4, -0.2) is 106 Å². The van der Waals surface area contributed by atoms with Crippen LogP contribution in [0.1, 0.15) is 12.5 Å². The van der Waals surface area contributed by atoms with E-state index >= 15 is 4.39 Å². The Balaban J connectivity index is 1.21. The van der Waals surface area contributed by atoms with Crippen molar-refractivity contribution in [3.05, 3.63) is 29.3 Å². The van der Waals surface area contributed by atoms with E-state index in [0.717, 1.165) is 6.66 Å². The number of aromatic nitrogens is 8. The molecule has 7 rings (SSSR count). The number of hydrogen-bond donors (Lipinski definition) is 5. The van der Waals surface area contributed by atoms with Crippen LogP contribution in [0, 0.1) is 0 Å². The third-order valence-corrected chi connectivity index (χ3v) is 10.2. The minimum absolute atomic E-state index is 0.0253. The number of H-pyrrole nitrogens is 1. The number of aliphatic hydroxyl groups is 1. The second-order valence-corrected chi connectivity index (χ2v) is 15.2. The van der Waals surface area contributed by atoms with Gasteiger partial charge in [-0.2, -0.15) is 4.98 Å². The van der Waals surface area contributed by atoms with Crippen LogP contribution in [-0.2, 0) is 43.9 Å². The van der Waals surface area contributed by atoms with Gasteiger partial charge in [0.25, 0.3) is 5.56 Å². The fraction of sp³-hybridized carbons (Fsp3) is 0.524. The minimum atomic E-state index is -4.26. The van der Waals surface area contributed by atoms with Gasteiger partial charge in [0, 0.05) is 6.66 Å².